The molecule has 0 atom stereocenters. The molecule has 0 N–H and O–H groups in total. The number of benzene rings is 1. The second-order valence-corrected chi connectivity index (χ2v) is 4.27. The summed E-state index contributed by atoms with van der Waals surface area (Å²) in [5.74, 6) is -0.327. The summed E-state index contributed by atoms with van der Waals surface area (Å²) < 4.78 is 4.88. The maximum absolute atomic E-state index is 12.1. The quantitative estimate of drug-likeness (QED) is 0.776. The fourth-order valence-electron chi connectivity index (χ4n) is 1.90. The molecule has 4 nitrogen and oxygen atoms in total. The van der Waals surface area contributed by atoms with Crippen LogP contribution in [-0.2, 0) is 4.74 Å². The summed E-state index contributed by atoms with van der Waals surface area (Å²) in [4.78, 5) is 24.9. The summed E-state index contributed by atoms with van der Waals surface area (Å²) in [7, 11) is 0. The first kappa shape index (κ1) is 16.0. The second kappa shape index (κ2) is 7.48. The van der Waals surface area contributed by atoms with Crippen molar-refractivity contribution in [2.75, 3.05) is 6.61 Å². The van der Waals surface area contributed by atoms with Crippen LogP contribution in [0.4, 0.5) is 4.79 Å². The molecule has 0 aromatic heterocycles. The van der Waals surface area contributed by atoms with Gasteiger partial charge in [-0.05, 0) is 19.9 Å². The Morgan fingerprint density at radius 1 is 1.20 bits per heavy atom. The molecule has 0 radical (unpaired) electrons. The average Bonchev–Trinajstić information content (AvgIpc) is 2.73. The van der Waals surface area contributed by atoms with E-state index in [9.17, 15) is 9.59 Å². The lowest BCUT2D eigenvalue weighted by atomic mass is 10.1. The Kier molecular flexibility index (Phi) is 5.97. The highest BCUT2D eigenvalue weighted by molar-refractivity contribution is 6.16. The Balaban J connectivity index is 0.000000612. The van der Waals surface area contributed by atoms with E-state index in [1.807, 2.05) is 12.1 Å². The molecule has 2 amide bonds. The highest BCUT2D eigenvalue weighted by Crippen LogP contribution is 2.32. The summed E-state index contributed by atoms with van der Waals surface area (Å²) in [6.07, 6.45) is 2.36. The van der Waals surface area contributed by atoms with Crippen LogP contribution in [0.3, 0.4) is 0 Å². The summed E-state index contributed by atoms with van der Waals surface area (Å²) in [6, 6.07) is 7.14. The van der Waals surface area contributed by atoms with Crippen molar-refractivity contribution in [2.45, 2.75) is 34.1 Å². The van der Waals surface area contributed by atoms with Crippen LogP contribution < -0.4 is 0 Å². The van der Waals surface area contributed by atoms with E-state index in [0.29, 0.717) is 11.3 Å². The third-order valence-electron chi connectivity index (χ3n) is 2.60. The van der Waals surface area contributed by atoms with Gasteiger partial charge in [-0.1, -0.05) is 44.5 Å². The molecule has 0 fully saturated rings. The van der Waals surface area contributed by atoms with E-state index in [1.54, 1.807) is 32.1 Å². The fourth-order valence-corrected chi connectivity index (χ4v) is 1.90. The Hall–Kier alpha value is -2.10. The lowest BCUT2D eigenvalue weighted by Gasteiger charge is -2.14. The Bertz CT molecular complexity index is 520. The zero-order valence-corrected chi connectivity index (χ0v) is 12.5. The van der Waals surface area contributed by atoms with E-state index in [4.69, 9.17) is 4.74 Å². The van der Waals surface area contributed by atoms with Crippen molar-refractivity contribution < 1.29 is 14.3 Å². The molecule has 0 saturated carbocycles. The molecule has 20 heavy (non-hydrogen) atoms. The zero-order chi connectivity index (χ0) is 15.1. The van der Waals surface area contributed by atoms with Crippen molar-refractivity contribution >= 4 is 17.7 Å². The average molecular weight is 275 g/mol. The third kappa shape index (κ3) is 3.07. The number of rotatable bonds is 1. The summed E-state index contributed by atoms with van der Waals surface area (Å²) in [5, 5.41) is 0. The fraction of sp³-hybridized carbons (Fsp3) is 0.375. The van der Waals surface area contributed by atoms with Crippen molar-refractivity contribution in [3.8, 4) is 0 Å². The molecule has 4 heteroatoms. The van der Waals surface area contributed by atoms with Crippen molar-refractivity contribution in [2.24, 2.45) is 0 Å². The van der Waals surface area contributed by atoms with E-state index in [-0.39, 0.29) is 12.5 Å². The number of carbonyl (C=O) groups is 2. The molecule has 1 heterocycles. The highest BCUT2D eigenvalue weighted by Gasteiger charge is 2.36. The van der Waals surface area contributed by atoms with Gasteiger partial charge in [0.25, 0.3) is 5.91 Å². The summed E-state index contributed by atoms with van der Waals surface area (Å²) >= 11 is 0. The molecule has 1 aliphatic heterocycles. The van der Waals surface area contributed by atoms with Gasteiger partial charge in [-0.3, -0.25) is 4.79 Å². The van der Waals surface area contributed by atoms with Crippen LogP contribution in [0.1, 0.15) is 50.0 Å². The van der Waals surface area contributed by atoms with Gasteiger partial charge < -0.3 is 4.74 Å². The normalized spacial score (nSPS) is 14.7. The van der Waals surface area contributed by atoms with E-state index in [2.05, 4.69) is 13.8 Å². The van der Waals surface area contributed by atoms with Crippen molar-refractivity contribution in [1.82, 2.24) is 4.90 Å². The number of imide groups is 1. The molecule has 0 spiro atoms. The summed E-state index contributed by atoms with van der Waals surface area (Å²) in [5.41, 5.74) is 1.89. The van der Waals surface area contributed by atoms with Crippen LogP contribution in [-0.4, -0.2) is 23.5 Å². The topological polar surface area (TPSA) is 46.6 Å². The minimum atomic E-state index is -0.623. The van der Waals surface area contributed by atoms with Crippen LogP contribution in [0.5, 0.6) is 0 Å². The number of nitrogens with zero attached hydrogens (tertiary/aromatic N) is 1. The molecular weight excluding hydrogens is 254 g/mol. The maximum atomic E-state index is 12.1. The molecule has 1 aliphatic rings. The standard InChI is InChI=1S/C13H13NO3.C3H8/c1-3-11-9-7-5-6-8-10(9)12(15)14(11)13(16)17-4-2;1-3-2/h3,5-8H,4H2,1-2H3;3H2,1-2H3/b11-3+;. The number of fused-ring (bicyclic) bond motifs is 1. The predicted octanol–water partition coefficient (Wildman–Crippen LogP) is 4.08. The van der Waals surface area contributed by atoms with Crippen molar-refractivity contribution in [3.05, 3.63) is 41.5 Å². The lowest BCUT2D eigenvalue weighted by molar-refractivity contribution is 0.0787. The minimum absolute atomic E-state index is 0.246. The van der Waals surface area contributed by atoms with Gasteiger partial charge in [-0.15, -0.1) is 0 Å². The SMILES string of the molecule is C/C=C1\c2ccccc2C(=O)N1C(=O)OCC.CCC. The smallest absolute Gasteiger partial charge is 0.421 e. The first-order chi connectivity index (χ1) is 9.62. The molecule has 1 aromatic rings. The molecule has 1 aromatic carbocycles. The molecular formula is C16H21NO3. The van der Waals surface area contributed by atoms with Crippen LogP contribution in [0.15, 0.2) is 30.3 Å². The van der Waals surface area contributed by atoms with Gasteiger partial charge in [0.15, 0.2) is 0 Å². The van der Waals surface area contributed by atoms with Gasteiger partial charge in [0.2, 0.25) is 0 Å². The predicted molar refractivity (Wildman–Crippen MR) is 79.2 cm³/mol. The first-order valence-corrected chi connectivity index (χ1v) is 6.89. The minimum Gasteiger partial charge on any atom is -0.449 e. The number of hydrogen-bond donors (Lipinski definition) is 0. The van der Waals surface area contributed by atoms with Crippen LogP contribution in [0, 0.1) is 0 Å². The van der Waals surface area contributed by atoms with Crippen molar-refractivity contribution in [1.29, 1.82) is 0 Å². The number of allylic oxidation sites excluding steroid dienone is 1. The highest BCUT2D eigenvalue weighted by atomic mass is 16.6. The molecule has 108 valence electrons. The molecule has 0 bridgehead atoms. The lowest BCUT2D eigenvalue weighted by Crippen LogP contribution is -2.31. The van der Waals surface area contributed by atoms with Gasteiger partial charge in [0, 0.05) is 11.1 Å². The largest absolute Gasteiger partial charge is 0.449 e. The van der Waals surface area contributed by atoms with E-state index in [0.717, 1.165) is 10.5 Å². The second-order valence-electron chi connectivity index (χ2n) is 4.27. The van der Waals surface area contributed by atoms with E-state index in [1.165, 1.54) is 6.42 Å². The summed E-state index contributed by atoms with van der Waals surface area (Å²) in [6.45, 7) is 7.99. The van der Waals surface area contributed by atoms with Crippen LogP contribution >= 0.6 is 0 Å². The van der Waals surface area contributed by atoms with E-state index >= 15 is 0 Å². The van der Waals surface area contributed by atoms with Crippen molar-refractivity contribution in [3.63, 3.8) is 0 Å². The maximum Gasteiger partial charge on any atom is 0.421 e. The van der Waals surface area contributed by atoms with Crippen LogP contribution in [0.25, 0.3) is 5.70 Å². The monoisotopic (exact) mass is 275 g/mol. The molecule has 0 unspecified atom stereocenters. The van der Waals surface area contributed by atoms with Gasteiger partial charge in [-0.25, -0.2) is 9.69 Å². The van der Waals surface area contributed by atoms with Crippen LogP contribution in [0.2, 0.25) is 0 Å². The molecule has 2 rings (SSSR count). The number of ether oxygens (including phenoxy) is 1. The van der Waals surface area contributed by atoms with Gasteiger partial charge in [-0.2, -0.15) is 0 Å². The first-order valence-electron chi connectivity index (χ1n) is 6.89. The van der Waals surface area contributed by atoms with E-state index < -0.39 is 6.09 Å². The van der Waals surface area contributed by atoms with Gasteiger partial charge in [0.1, 0.15) is 0 Å². The third-order valence-corrected chi connectivity index (χ3v) is 2.60. The Morgan fingerprint density at radius 3 is 2.25 bits per heavy atom. The zero-order valence-electron chi connectivity index (χ0n) is 12.5. The molecule has 0 aliphatic carbocycles. The Labute approximate surface area is 120 Å². The molecule has 0 saturated heterocycles. The number of amides is 2. The number of carbonyl (C=O) groups excluding carboxylic acids is 2. The van der Waals surface area contributed by atoms with Gasteiger partial charge in [0.05, 0.1) is 12.3 Å². The Morgan fingerprint density at radius 2 is 1.75 bits per heavy atom. The number of hydrogen-bond acceptors (Lipinski definition) is 3. The van der Waals surface area contributed by atoms with Gasteiger partial charge >= 0.3 is 6.09 Å².